The zero-order valence-electron chi connectivity index (χ0n) is 10.2. The Labute approximate surface area is 105 Å². The van der Waals surface area contributed by atoms with Gasteiger partial charge in [0.05, 0.1) is 6.10 Å². The Hall–Kier alpha value is -2.30. The van der Waals surface area contributed by atoms with Gasteiger partial charge >= 0.3 is 0 Å². The molecule has 0 aliphatic carbocycles. The number of carbonyl (C=O) groups excluding carboxylic acids is 1. The molecule has 0 radical (unpaired) electrons. The number of anilines is 1. The molecule has 0 unspecified atom stereocenters. The summed E-state index contributed by atoms with van der Waals surface area (Å²) in [5.74, 6) is 0.464. The van der Waals surface area contributed by atoms with Crippen LogP contribution in [0.5, 0.6) is 5.75 Å². The van der Waals surface area contributed by atoms with Crippen LogP contribution >= 0.6 is 0 Å². The molecule has 0 saturated heterocycles. The summed E-state index contributed by atoms with van der Waals surface area (Å²) in [6.07, 6.45) is 1.48. The molecule has 1 heterocycles. The molecular weight excluding hydrogens is 232 g/mol. The molecule has 5 nitrogen and oxygen atoms in total. The van der Waals surface area contributed by atoms with Crippen molar-refractivity contribution >= 4 is 11.6 Å². The molecule has 2 aromatic rings. The lowest BCUT2D eigenvalue weighted by molar-refractivity contribution is 0.101. The van der Waals surface area contributed by atoms with Crippen molar-refractivity contribution in [3.05, 3.63) is 42.3 Å². The van der Waals surface area contributed by atoms with Gasteiger partial charge in [-0.3, -0.25) is 4.79 Å². The third-order valence-corrected chi connectivity index (χ3v) is 2.15. The highest BCUT2D eigenvalue weighted by Crippen LogP contribution is 2.17. The van der Waals surface area contributed by atoms with Crippen molar-refractivity contribution in [2.45, 2.75) is 20.0 Å². The number of aromatic nitrogens is 1. The lowest BCUT2D eigenvalue weighted by atomic mass is 10.3. The number of ether oxygens (including phenoxy) is 1. The Bertz CT molecular complexity index is 504. The van der Waals surface area contributed by atoms with Gasteiger partial charge in [-0.15, -0.1) is 0 Å². The largest absolute Gasteiger partial charge is 0.491 e. The number of nitrogens with zero attached hydrogens (tertiary/aromatic N) is 1. The summed E-state index contributed by atoms with van der Waals surface area (Å²) in [6.45, 7) is 3.92. The minimum absolute atomic E-state index is 0.126. The number of hydrogen-bond donors (Lipinski definition) is 1. The predicted octanol–water partition coefficient (Wildman–Crippen LogP) is 2.71. The maximum Gasteiger partial charge on any atom is 0.277 e. The zero-order valence-corrected chi connectivity index (χ0v) is 10.2. The van der Waals surface area contributed by atoms with E-state index in [1.807, 2.05) is 13.8 Å². The van der Waals surface area contributed by atoms with E-state index in [4.69, 9.17) is 4.74 Å². The fourth-order valence-electron chi connectivity index (χ4n) is 1.41. The normalized spacial score (nSPS) is 10.4. The zero-order chi connectivity index (χ0) is 13.0. The fourth-order valence-corrected chi connectivity index (χ4v) is 1.41. The summed E-state index contributed by atoms with van der Waals surface area (Å²) in [6, 6.07) is 8.66. The van der Waals surface area contributed by atoms with Crippen LogP contribution < -0.4 is 10.1 Å². The summed E-state index contributed by atoms with van der Waals surface area (Å²) in [5, 5.41) is 6.27. The molecule has 0 bridgehead atoms. The van der Waals surface area contributed by atoms with E-state index in [0.29, 0.717) is 5.69 Å². The lowest BCUT2D eigenvalue weighted by Crippen LogP contribution is -2.12. The van der Waals surface area contributed by atoms with Gasteiger partial charge in [0.1, 0.15) is 12.0 Å². The molecule has 94 valence electrons. The van der Waals surface area contributed by atoms with Crippen molar-refractivity contribution in [3.8, 4) is 5.75 Å². The fraction of sp³-hybridized carbons (Fsp3) is 0.231. The first-order valence-electron chi connectivity index (χ1n) is 5.63. The van der Waals surface area contributed by atoms with Gasteiger partial charge in [-0.05, 0) is 38.1 Å². The molecule has 1 amide bonds. The summed E-state index contributed by atoms with van der Waals surface area (Å²) in [5.41, 5.74) is 0.927. The van der Waals surface area contributed by atoms with Crippen LogP contribution in [0.4, 0.5) is 5.69 Å². The maximum absolute atomic E-state index is 11.7. The third kappa shape index (κ3) is 3.10. The number of hydrogen-bond acceptors (Lipinski definition) is 4. The number of benzene rings is 1. The molecule has 0 aliphatic heterocycles. The first-order valence-corrected chi connectivity index (χ1v) is 5.63. The standard InChI is InChI=1S/C13H14N2O3/c1-9(2)18-11-5-3-10(4-6-11)14-13(16)12-7-8-17-15-12/h3-9H,1-2H3,(H,14,16). The monoisotopic (exact) mass is 246 g/mol. The van der Waals surface area contributed by atoms with Crippen LogP contribution in [0.25, 0.3) is 0 Å². The SMILES string of the molecule is CC(C)Oc1ccc(NC(=O)c2ccon2)cc1. The molecule has 0 fully saturated rings. The average Bonchev–Trinajstić information content (AvgIpc) is 2.84. The van der Waals surface area contributed by atoms with Crippen LogP contribution in [0.1, 0.15) is 24.3 Å². The van der Waals surface area contributed by atoms with Gasteiger partial charge in [0.25, 0.3) is 5.91 Å². The third-order valence-electron chi connectivity index (χ3n) is 2.15. The first kappa shape index (κ1) is 12.2. The first-order chi connectivity index (χ1) is 8.65. The molecule has 0 spiro atoms. The van der Waals surface area contributed by atoms with E-state index in [9.17, 15) is 4.79 Å². The van der Waals surface area contributed by atoms with Crippen molar-refractivity contribution in [1.29, 1.82) is 0 Å². The van der Waals surface area contributed by atoms with Crippen molar-refractivity contribution < 1.29 is 14.1 Å². The summed E-state index contributed by atoms with van der Waals surface area (Å²) < 4.78 is 10.1. The minimum Gasteiger partial charge on any atom is -0.491 e. The van der Waals surface area contributed by atoms with E-state index in [1.165, 1.54) is 12.3 Å². The smallest absolute Gasteiger partial charge is 0.277 e. The highest BCUT2D eigenvalue weighted by molar-refractivity contribution is 6.02. The highest BCUT2D eigenvalue weighted by atomic mass is 16.5. The van der Waals surface area contributed by atoms with Gasteiger partial charge in [-0.25, -0.2) is 0 Å². The Kier molecular flexibility index (Phi) is 3.62. The van der Waals surface area contributed by atoms with Crippen LogP contribution in [-0.2, 0) is 0 Å². The van der Waals surface area contributed by atoms with Gasteiger partial charge < -0.3 is 14.6 Å². The Balaban J connectivity index is 2.00. The van der Waals surface area contributed by atoms with E-state index in [2.05, 4.69) is 15.0 Å². The quantitative estimate of drug-likeness (QED) is 0.900. The minimum atomic E-state index is -0.304. The summed E-state index contributed by atoms with van der Waals surface area (Å²) >= 11 is 0. The predicted molar refractivity (Wildman–Crippen MR) is 66.7 cm³/mol. The van der Waals surface area contributed by atoms with Crippen molar-refractivity contribution in [3.63, 3.8) is 0 Å². The Morgan fingerprint density at radius 3 is 2.56 bits per heavy atom. The van der Waals surface area contributed by atoms with Crippen LogP contribution in [0, 0.1) is 0 Å². The number of carbonyl (C=O) groups is 1. The highest BCUT2D eigenvalue weighted by Gasteiger charge is 2.08. The van der Waals surface area contributed by atoms with E-state index in [1.54, 1.807) is 24.3 Å². The molecular formula is C13H14N2O3. The van der Waals surface area contributed by atoms with Crippen molar-refractivity contribution in [2.75, 3.05) is 5.32 Å². The van der Waals surface area contributed by atoms with Gasteiger partial charge in [0.15, 0.2) is 5.69 Å². The molecule has 18 heavy (non-hydrogen) atoms. The topological polar surface area (TPSA) is 64.4 Å². The summed E-state index contributed by atoms with van der Waals surface area (Å²) in [4.78, 5) is 11.7. The lowest BCUT2D eigenvalue weighted by Gasteiger charge is -2.10. The summed E-state index contributed by atoms with van der Waals surface area (Å²) in [7, 11) is 0. The van der Waals surface area contributed by atoms with Crippen LogP contribution in [-0.4, -0.2) is 17.2 Å². The number of nitrogens with one attached hydrogen (secondary N) is 1. The van der Waals surface area contributed by atoms with Crippen LogP contribution in [0.3, 0.4) is 0 Å². The average molecular weight is 246 g/mol. The molecule has 0 atom stereocenters. The second-order valence-electron chi connectivity index (χ2n) is 4.03. The van der Waals surface area contributed by atoms with Crippen LogP contribution in [0.15, 0.2) is 41.1 Å². The van der Waals surface area contributed by atoms with Gasteiger partial charge in [-0.2, -0.15) is 0 Å². The molecule has 1 N–H and O–H groups in total. The number of amides is 1. The maximum atomic E-state index is 11.7. The van der Waals surface area contributed by atoms with Gasteiger partial charge in [0, 0.05) is 11.8 Å². The molecule has 1 aromatic carbocycles. The van der Waals surface area contributed by atoms with E-state index < -0.39 is 0 Å². The second-order valence-corrected chi connectivity index (χ2v) is 4.03. The molecule has 2 rings (SSSR count). The van der Waals surface area contributed by atoms with Crippen molar-refractivity contribution in [2.24, 2.45) is 0 Å². The number of rotatable bonds is 4. The Morgan fingerprint density at radius 1 is 1.28 bits per heavy atom. The van der Waals surface area contributed by atoms with E-state index in [0.717, 1.165) is 5.75 Å². The van der Waals surface area contributed by atoms with Crippen molar-refractivity contribution in [1.82, 2.24) is 5.16 Å². The van der Waals surface area contributed by atoms with Gasteiger partial charge in [-0.1, -0.05) is 5.16 Å². The van der Waals surface area contributed by atoms with Gasteiger partial charge in [0.2, 0.25) is 0 Å². The molecule has 0 saturated carbocycles. The molecule has 5 heteroatoms. The second kappa shape index (κ2) is 5.35. The van der Waals surface area contributed by atoms with E-state index in [-0.39, 0.29) is 17.7 Å². The van der Waals surface area contributed by atoms with E-state index >= 15 is 0 Å². The molecule has 1 aromatic heterocycles. The molecule has 0 aliphatic rings. The van der Waals surface area contributed by atoms with Crippen LogP contribution in [0.2, 0.25) is 0 Å². The Morgan fingerprint density at radius 2 is 2.00 bits per heavy atom.